The number of thioether (sulfide) groups is 1. The molecule has 6 nitrogen and oxygen atoms in total. The first kappa shape index (κ1) is 17.7. The largest absolute Gasteiger partial charge is 0.342 e. The fourth-order valence-electron chi connectivity index (χ4n) is 3.22. The number of nitrogens with zero attached hydrogens (tertiary/aromatic N) is 5. The lowest BCUT2D eigenvalue weighted by Gasteiger charge is -2.26. The average Bonchev–Trinajstić information content (AvgIpc) is 3.18. The van der Waals surface area contributed by atoms with Crippen LogP contribution in [0.4, 0.5) is 0 Å². The van der Waals surface area contributed by atoms with E-state index in [1.807, 2.05) is 51.9 Å². The molecule has 1 saturated heterocycles. The van der Waals surface area contributed by atoms with Crippen LogP contribution in [0.25, 0.3) is 17.1 Å². The molecule has 0 N–H and O–H groups in total. The zero-order chi connectivity index (χ0) is 18.5. The molecule has 0 spiro atoms. The summed E-state index contributed by atoms with van der Waals surface area (Å²) in [7, 11) is 0. The highest BCUT2D eigenvalue weighted by atomic mass is 32.2. The van der Waals surface area contributed by atoms with Crippen LogP contribution in [0.5, 0.6) is 0 Å². The van der Waals surface area contributed by atoms with Gasteiger partial charge in [-0.15, -0.1) is 10.2 Å². The van der Waals surface area contributed by atoms with Gasteiger partial charge >= 0.3 is 0 Å². The summed E-state index contributed by atoms with van der Waals surface area (Å²) in [6, 6.07) is 13.8. The zero-order valence-corrected chi connectivity index (χ0v) is 15.8. The van der Waals surface area contributed by atoms with Crippen molar-refractivity contribution in [1.82, 2.24) is 24.6 Å². The molecule has 2 aromatic heterocycles. The summed E-state index contributed by atoms with van der Waals surface area (Å²) in [6.45, 7) is 1.73. The van der Waals surface area contributed by atoms with E-state index in [-0.39, 0.29) is 5.91 Å². The van der Waals surface area contributed by atoms with Crippen LogP contribution in [0.2, 0.25) is 0 Å². The fourth-order valence-corrected chi connectivity index (χ4v) is 4.07. The number of carbonyl (C=O) groups is 1. The molecule has 0 saturated carbocycles. The Bertz CT molecular complexity index is 891. The highest BCUT2D eigenvalue weighted by molar-refractivity contribution is 7.99. The Morgan fingerprint density at radius 3 is 2.56 bits per heavy atom. The number of amides is 1. The summed E-state index contributed by atoms with van der Waals surface area (Å²) >= 11 is 1.44. The molecule has 7 heteroatoms. The van der Waals surface area contributed by atoms with E-state index in [4.69, 9.17) is 0 Å². The molecule has 0 unspecified atom stereocenters. The second kappa shape index (κ2) is 8.35. The molecule has 1 aromatic carbocycles. The minimum absolute atomic E-state index is 0.172. The van der Waals surface area contributed by atoms with E-state index in [1.54, 1.807) is 12.4 Å². The molecule has 1 amide bonds. The smallest absolute Gasteiger partial charge is 0.233 e. The van der Waals surface area contributed by atoms with Crippen molar-refractivity contribution < 1.29 is 4.79 Å². The molecule has 0 aliphatic carbocycles. The SMILES string of the molecule is O=C(CSc1nnc(-c2cccnc2)n1-c1ccccc1)N1CCCCC1. The average molecular weight is 379 g/mol. The Balaban J connectivity index is 1.61. The lowest BCUT2D eigenvalue weighted by Crippen LogP contribution is -2.36. The van der Waals surface area contributed by atoms with Crippen LogP contribution in [-0.4, -0.2) is 49.4 Å². The topological polar surface area (TPSA) is 63.9 Å². The molecular weight excluding hydrogens is 358 g/mol. The number of benzene rings is 1. The summed E-state index contributed by atoms with van der Waals surface area (Å²) in [5, 5.41) is 9.46. The molecule has 27 heavy (non-hydrogen) atoms. The van der Waals surface area contributed by atoms with Crippen molar-refractivity contribution in [3.05, 3.63) is 54.9 Å². The summed E-state index contributed by atoms with van der Waals surface area (Å²) in [4.78, 5) is 18.7. The van der Waals surface area contributed by atoms with Gasteiger partial charge in [0.1, 0.15) is 0 Å². The molecule has 0 radical (unpaired) electrons. The summed E-state index contributed by atoms with van der Waals surface area (Å²) in [6.07, 6.45) is 6.92. The molecule has 138 valence electrons. The first-order chi connectivity index (χ1) is 13.3. The van der Waals surface area contributed by atoms with Gasteiger partial charge in [-0.3, -0.25) is 14.3 Å². The molecule has 4 rings (SSSR count). The van der Waals surface area contributed by atoms with Crippen LogP contribution < -0.4 is 0 Å². The van der Waals surface area contributed by atoms with Gasteiger partial charge in [0.25, 0.3) is 0 Å². The van der Waals surface area contributed by atoms with Crippen molar-refractivity contribution in [2.45, 2.75) is 24.4 Å². The van der Waals surface area contributed by atoms with Crippen molar-refractivity contribution in [3.8, 4) is 17.1 Å². The number of piperidine rings is 1. The lowest BCUT2D eigenvalue weighted by molar-refractivity contribution is -0.129. The van der Waals surface area contributed by atoms with Crippen LogP contribution in [-0.2, 0) is 4.79 Å². The van der Waals surface area contributed by atoms with E-state index in [0.29, 0.717) is 10.9 Å². The zero-order valence-electron chi connectivity index (χ0n) is 15.0. The Hall–Kier alpha value is -2.67. The van der Waals surface area contributed by atoms with Gasteiger partial charge in [0, 0.05) is 36.7 Å². The van der Waals surface area contributed by atoms with Crippen LogP contribution >= 0.6 is 11.8 Å². The molecular formula is C20H21N5OS. The van der Waals surface area contributed by atoms with Gasteiger partial charge in [0.05, 0.1) is 5.75 Å². The van der Waals surface area contributed by atoms with E-state index in [0.717, 1.165) is 43.0 Å². The monoisotopic (exact) mass is 379 g/mol. The maximum Gasteiger partial charge on any atom is 0.233 e. The van der Waals surface area contributed by atoms with Gasteiger partial charge in [-0.25, -0.2) is 0 Å². The molecule has 3 aromatic rings. The van der Waals surface area contributed by atoms with E-state index in [1.165, 1.54) is 18.2 Å². The standard InChI is InChI=1S/C20H21N5OS/c26-18(24-12-5-2-6-13-24)15-27-20-23-22-19(16-8-7-11-21-14-16)25(20)17-9-3-1-4-10-17/h1,3-4,7-11,14H,2,5-6,12-13,15H2. The third kappa shape index (κ3) is 4.03. The number of hydrogen-bond acceptors (Lipinski definition) is 5. The third-order valence-electron chi connectivity index (χ3n) is 4.60. The maximum absolute atomic E-state index is 12.5. The van der Waals surface area contributed by atoms with Gasteiger partial charge in [-0.05, 0) is 43.5 Å². The highest BCUT2D eigenvalue weighted by Gasteiger charge is 2.20. The van der Waals surface area contributed by atoms with Crippen molar-refractivity contribution in [2.24, 2.45) is 0 Å². The van der Waals surface area contributed by atoms with Crippen LogP contribution in [0.1, 0.15) is 19.3 Å². The second-order valence-corrected chi connectivity index (χ2v) is 7.39. The lowest BCUT2D eigenvalue weighted by atomic mass is 10.1. The molecule has 1 aliphatic rings. The number of hydrogen-bond donors (Lipinski definition) is 0. The minimum atomic E-state index is 0.172. The number of pyridine rings is 1. The Kier molecular flexibility index (Phi) is 5.48. The number of para-hydroxylation sites is 1. The fraction of sp³-hybridized carbons (Fsp3) is 0.300. The van der Waals surface area contributed by atoms with Gasteiger partial charge in [-0.2, -0.15) is 0 Å². The molecule has 1 aliphatic heterocycles. The number of rotatable bonds is 5. The molecule has 0 bridgehead atoms. The minimum Gasteiger partial charge on any atom is -0.342 e. The first-order valence-electron chi connectivity index (χ1n) is 9.15. The van der Waals surface area contributed by atoms with Crippen molar-refractivity contribution in [2.75, 3.05) is 18.8 Å². The number of aromatic nitrogens is 4. The highest BCUT2D eigenvalue weighted by Crippen LogP contribution is 2.27. The van der Waals surface area contributed by atoms with E-state index < -0.39 is 0 Å². The predicted molar refractivity (Wildman–Crippen MR) is 106 cm³/mol. The van der Waals surface area contributed by atoms with Crippen molar-refractivity contribution in [1.29, 1.82) is 0 Å². The maximum atomic E-state index is 12.5. The molecule has 3 heterocycles. The number of likely N-dealkylation sites (tertiary alicyclic amines) is 1. The van der Waals surface area contributed by atoms with Gasteiger partial charge in [0.2, 0.25) is 5.91 Å². The molecule has 0 atom stereocenters. The van der Waals surface area contributed by atoms with Crippen molar-refractivity contribution in [3.63, 3.8) is 0 Å². The van der Waals surface area contributed by atoms with E-state index >= 15 is 0 Å². The van der Waals surface area contributed by atoms with Gasteiger partial charge in [0.15, 0.2) is 11.0 Å². The Morgan fingerprint density at radius 2 is 1.81 bits per heavy atom. The Labute approximate surface area is 162 Å². The van der Waals surface area contributed by atoms with E-state index in [2.05, 4.69) is 15.2 Å². The predicted octanol–water partition coefficient (Wildman–Crippen LogP) is 3.43. The third-order valence-corrected chi connectivity index (χ3v) is 5.51. The first-order valence-corrected chi connectivity index (χ1v) is 10.1. The summed E-state index contributed by atoms with van der Waals surface area (Å²) < 4.78 is 1.99. The van der Waals surface area contributed by atoms with Crippen LogP contribution in [0, 0.1) is 0 Å². The number of carbonyl (C=O) groups excluding carboxylic acids is 1. The van der Waals surface area contributed by atoms with E-state index in [9.17, 15) is 4.79 Å². The van der Waals surface area contributed by atoms with Crippen LogP contribution in [0.3, 0.4) is 0 Å². The van der Waals surface area contributed by atoms with Gasteiger partial charge in [-0.1, -0.05) is 30.0 Å². The Morgan fingerprint density at radius 1 is 1.00 bits per heavy atom. The van der Waals surface area contributed by atoms with Crippen LogP contribution in [0.15, 0.2) is 60.0 Å². The summed E-state index contributed by atoms with van der Waals surface area (Å²) in [5.74, 6) is 1.27. The van der Waals surface area contributed by atoms with Crippen molar-refractivity contribution >= 4 is 17.7 Å². The normalized spacial score (nSPS) is 14.3. The quantitative estimate of drug-likeness (QED) is 0.636. The van der Waals surface area contributed by atoms with Gasteiger partial charge < -0.3 is 4.90 Å². The summed E-state index contributed by atoms with van der Waals surface area (Å²) in [5.41, 5.74) is 1.86. The second-order valence-electron chi connectivity index (χ2n) is 6.45. The molecule has 1 fully saturated rings.